The average Bonchev–Trinajstić information content (AvgIpc) is 2.63. The van der Waals surface area contributed by atoms with Crippen molar-refractivity contribution in [1.82, 2.24) is 5.32 Å². The van der Waals surface area contributed by atoms with Gasteiger partial charge in [0.15, 0.2) is 0 Å². The number of rotatable bonds is 4. The topological polar surface area (TPSA) is 64.4 Å². The van der Waals surface area contributed by atoms with Crippen molar-refractivity contribution in [2.45, 2.75) is 31.3 Å². The van der Waals surface area contributed by atoms with Gasteiger partial charge in [-0.3, -0.25) is 4.79 Å². The number of ether oxygens (including phenoxy) is 1. The molecule has 0 spiro atoms. The summed E-state index contributed by atoms with van der Waals surface area (Å²) in [7, 11) is 0. The molecule has 0 aromatic heterocycles. The Bertz CT molecular complexity index is 677. The van der Waals surface area contributed by atoms with Crippen molar-refractivity contribution < 1.29 is 9.53 Å². The molecule has 0 radical (unpaired) electrons. The Hall–Kier alpha value is -2.17. The summed E-state index contributed by atoms with van der Waals surface area (Å²) in [5.74, 6) is -0.0922. The monoisotopic (exact) mass is 324 g/mol. The summed E-state index contributed by atoms with van der Waals surface area (Å²) in [6.07, 6.45) is 1.14. The quantitative estimate of drug-likeness (QED) is 0.908. The molecule has 1 unspecified atom stereocenters. The Kier molecular flexibility index (Phi) is 4.97. The van der Waals surface area contributed by atoms with Gasteiger partial charge in [0, 0.05) is 13.2 Å². The van der Waals surface area contributed by atoms with Crippen molar-refractivity contribution in [2.24, 2.45) is 5.73 Å². The van der Waals surface area contributed by atoms with Gasteiger partial charge in [-0.2, -0.15) is 0 Å². The highest BCUT2D eigenvalue weighted by Gasteiger charge is 2.36. The Morgan fingerprint density at radius 3 is 2.25 bits per heavy atom. The average molecular weight is 324 g/mol. The van der Waals surface area contributed by atoms with E-state index in [4.69, 9.17) is 10.5 Å². The van der Waals surface area contributed by atoms with E-state index < -0.39 is 5.54 Å². The van der Waals surface area contributed by atoms with E-state index in [0.717, 1.165) is 11.1 Å². The third-order valence-electron chi connectivity index (χ3n) is 4.70. The first-order chi connectivity index (χ1) is 11.6. The van der Waals surface area contributed by atoms with E-state index in [0.29, 0.717) is 26.1 Å². The van der Waals surface area contributed by atoms with Gasteiger partial charge in [0.1, 0.15) is 0 Å². The number of hydrogen-bond acceptors (Lipinski definition) is 3. The summed E-state index contributed by atoms with van der Waals surface area (Å²) in [6, 6.07) is 18.4. The van der Waals surface area contributed by atoms with Crippen LogP contribution in [0.25, 0.3) is 11.1 Å². The third kappa shape index (κ3) is 3.66. The molecule has 1 aliphatic rings. The number of amides is 1. The summed E-state index contributed by atoms with van der Waals surface area (Å²) in [6.45, 7) is 3.08. The lowest BCUT2D eigenvalue weighted by Crippen LogP contribution is -2.57. The van der Waals surface area contributed by atoms with Crippen LogP contribution in [0.5, 0.6) is 0 Å². The third-order valence-corrected chi connectivity index (χ3v) is 4.70. The lowest BCUT2D eigenvalue weighted by atomic mass is 9.90. The summed E-state index contributed by atoms with van der Waals surface area (Å²) in [5, 5.41) is 3.05. The van der Waals surface area contributed by atoms with Crippen LogP contribution in [0.2, 0.25) is 0 Å². The number of nitrogens with two attached hydrogens (primary N) is 1. The lowest BCUT2D eigenvalue weighted by molar-refractivity contribution is -0.130. The Balaban J connectivity index is 1.67. The molecule has 1 saturated heterocycles. The van der Waals surface area contributed by atoms with E-state index in [9.17, 15) is 4.79 Å². The van der Waals surface area contributed by atoms with E-state index in [-0.39, 0.29) is 11.9 Å². The SMILES string of the molecule is CC(NC(=O)C1(N)CCOCC1)c1ccc(-c2ccccc2)cc1. The molecule has 2 aromatic rings. The normalized spacial score (nSPS) is 17.9. The highest BCUT2D eigenvalue weighted by molar-refractivity contribution is 5.86. The molecular weight excluding hydrogens is 300 g/mol. The maximum Gasteiger partial charge on any atom is 0.240 e. The fourth-order valence-corrected chi connectivity index (χ4v) is 2.98. The number of hydrogen-bond donors (Lipinski definition) is 2. The molecule has 1 aliphatic heterocycles. The first-order valence-corrected chi connectivity index (χ1v) is 8.41. The number of nitrogens with one attached hydrogen (secondary N) is 1. The summed E-state index contributed by atoms with van der Waals surface area (Å²) in [5.41, 5.74) is 8.84. The van der Waals surface area contributed by atoms with Gasteiger partial charge in [0.2, 0.25) is 5.91 Å². The zero-order valence-corrected chi connectivity index (χ0v) is 14.0. The van der Waals surface area contributed by atoms with Gasteiger partial charge in [-0.15, -0.1) is 0 Å². The Labute approximate surface area is 143 Å². The molecule has 4 nitrogen and oxygen atoms in total. The van der Waals surface area contributed by atoms with Crippen LogP contribution in [-0.4, -0.2) is 24.7 Å². The molecule has 0 bridgehead atoms. The second-order valence-corrected chi connectivity index (χ2v) is 6.45. The fourth-order valence-electron chi connectivity index (χ4n) is 2.98. The molecule has 1 fully saturated rings. The van der Waals surface area contributed by atoms with Crippen LogP contribution in [0.1, 0.15) is 31.4 Å². The number of carbonyl (C=O) groups excluding carboxylic acids is 1. The van der Waals surface area contributed by atoms with Crippen molar-refractivity contribution >= 4 is 5.91 Å². The van der Waals surface area contributed by atoms with Crippen molar-refractivity contribution in [3.05, 3.63) is 60.2 Å². The summed E-state index contributed by atoms with van der Waals surface area (Å²) in [4.78, 5) is 12.5. The summed E-state index contributed by atoms with van der Waals surface area (Å²) < 4.78 is 5.30. The van der Waals surface area contributed by atoms with E-state index in [1.54, 1.807) is 0 Å². The van der Waals surface area contributed by atoms with Crippen LogP contribution >= 0.6 is 0 Å². The molecule has 3 rings (SSSR count). The molecule has 0 aliphatic carbocycles. The maximum atomic E-state index is 12.5. The van der Waals surface area contributed by atoms with Crippen molar-refractivity contribution in [1.29, 1.82) is 0 Å². The van der Waals surface area contributed by atoms with Gasteiger partial charge in [-0.25, -0.2) is 0 Å². The van der Waals surface area contributed by atoms with Crippen molar-refractivity contribution in [2.75, 3.05) is 13.2 Å². The molecular formula is C20H24N2O2. The minimum Gasteiger partial charge on any atom is -0.381 e. The smallest absolute Gasteiger partial charge is 0.240 e. The minimum absolute atomic E-state index is 0.0782. The number of carbonyl (C=O) groups is 1. The molecule has 3 N–H and O–H groups in total. The van der Waals surface area contributed by atoms with Crippen LogP contribution < -0.4 is 11.1 Å². The summed E-state index contributed by atoms with van der Waals surface area (Å²) >= 11 is 0. The van der Waals surface area contributed by atoms with E-state index in [2.05, 4.69) is 41.7 Å². The highest BCUT2D eigenvalue weighted by atomic mass is 16.5. The largest absolute Gasteiger partial charge is 0.381 e. The first-order valence-electron chi connectivity index (χ1n) is 8.41. The predicted octanol–water partition coefficient (Wildman–Crippen LogP) is 3.04. The molecule has 126 valence electrons. The van der Waals surface area contributed by atoms with E-state index >= 15 is 0 Å². The second kappa shape index (κ2) is 7.16. The van der Waals surface area contributed by atoms with Gasteiger partial charge < -0.3 is 15.8 Å². The van der Waals surface area contributed by atoms with Gasteiger partial charge in [0.05, 0.1) is 11.6 Å². The van der Waals surface area contributed by atoms with Crippen LogP contribution in [-0.2, 0) is 9.53 Å². The standard InChI is InChI=1S/C20H24N2O2/c1-15(22-19(23)20(21)11-13-24-14-12-20)16-7-9-18(10-8-16)17-5-3-2-4-6-17/h2-10,15H,11-14,21H2,1H3,(H,22,23). The van der Waals surface area contributed by atoms with Gasteiger partial charge in [0.25, 0.3) is 0 Å². The van der Waals surface area contributed by atoms with Crippen LogP contribution in [0, 0.1) is 0 Å². The lowest BCUT2D eigenvalue weighted by Gasteiger charge is -2.33. The highest BCUT2D eigenvalue weighted by Crippen LogP contribution is 2.23. The van der Waals surface area contributed by atoms with Crippen molar-refractivity contribution in [3.8, 4) is 11.1 Å². The van der Waals surface area contributed by atoms with Crippen LogP contribution in [0.15, 0.2) is 54.6 Å². The van der Waals surface area contributed by atoms with Crippen LogP contribution in [0.4, 0.5) is 0 Å². The second-order valence-electron chi connectivity index (χ2n) is 6.45. The Morgan fingerprint density at radius 2 is 1.62 bits per heavy atom. The zero-order chi connectivity index (χ0) is 17.0. The fraction of sp³-hybridized carbons (Fsp3) is 0.350. The predicted molar refractivity (Wildman–Crippen MR) is 95.4 cm³/mol. The first kappa shape index (κ1) is 16.7. The molecule has 1 heterocycles. The molecule has 2 aromatic carbocycles. The molecule has 0 saturated carbocycles. The van der Waals surface area contributed by atoms with Gasteiger partial charge in [-0.1, -0.05) is 54.6 Å². The Morgan fingerprint density at radius 1 is 1.04 bits per heavy atom. The molecule has 4 heteroatoms. The minimum atomic E-state index is -0.809. The van der Waals surface area contributed by atoms with Crippen molar-refractivity contribution in [3.63, 3.8) is 0 Å². The van der Waals surface area contributed by atoms with Crippen LogP contribution in [0.3, 0.4) is 0 Å². The van der Waals surface area contributed by atoms with Gasteiger partial charge >= 0.3 is 0 Å². The molecule has 24 heavy (non-hydrogen) atoms. The van der Waals surface area contributed by atoms with Gasteiger partial charge in [-0.05, 0) is 36.5 Å². The molecule has 1 atom stereocenters. The number of benzene rings is 2. The zero-order valence-electron chi connectivity index (χ0n) is 14.0. The van der Waals surface area contributed by atoms with E-state index in [1.807, 2.05) is 25.1 Å². The molecule has 1 amide bonds. The van der Waals surface area contributed by atoms with E-state index in [1.165, 1.54) is 5.56 Å². The maximum absolute atomic E-state index is 12.5.